The second-order valence-electron chi connectivity index (χ2n) is 7.98. The summed E-state index contributed by atoms with van der Waals surface area (Å²) in [6.45, 7) is 1.13. The van der Waals surface area contributed by atoms with Crippen molar-refractivity contribution in [2.24, 2.45) is 11.8 Å². The van der Waals surface area contributed by atoms with E-state index >= 15 is 0 Å². The minimum absolute atomic E-state index is 0.0641. The monoisotopic (exact) mass is 430 g/mol. The van der Waals surface area contributed by atoms with E-state index in [1.807, 2.05) is 60.7 Å². The van der Waals surface area contributed by atoms with Crippen LogP contribution in [-0.2, 0) is 20.4 Å². The van der Waals surface area contributed by atoms with Crippen molar-refractivity contribution in [3.8, 4) is 0 Å². The van der Waals surface area contributed by atoms with Gasteiger partial charge in [0.15, 0.2) is 0 Å². The van der Waals surface area contributed by atoms with Crippen LogP contribution in [0.1, 0.15) is 30.0 Å². The average molecular weight is 430 g/mol. The lowest BCUT2D eigenvalue weighted by molar-refractivity contribution is -0.127. The van der Waals surface area contributed by atoms with Crippen molar-refractivity contribution in [3.63, 3.8) is 0 Å². The molecule has 160 valence electrons. The Labute approximate surface area is 176 Å². The summed E-state index contributed by atoms with van der Waals surface area (Å²) in [6.07, 6.45) is 1.89. The lowest BCUT2D eigenvalue weighted by atomic mass is 9.83. The Hall–Kier alpha value is -2.02. The van der Waals surface area contributed by atoms with Crippen LogP contribution >= 0.6 is 7.82 Å². The van der Waals surface area contributed by atoms with Gasteiger partial charge < -0.3 is 15.1 Å². The Kier molecular flexibility index (Phi) is 6.37. The lowest BCUT2D eigenvalue weighted by Crippen LogP contribution is -2.38. The predicted molar refractivity (Wildman–Crippen MR) is 112 cm³/mol. The molecule has 0 bridgehead atoms. The van der Waals surface area contributed by atoms with Crippen molar-refractivity contribution >= 4 is 13.7 Å². The summed E-state index contributed by atoms with van der Waals surface area (Å²) in [6, 6.07) is 19.5. The van der Waals surface area contributed by atoms with Gasteiger partial charge in [-0.1, -0.05) is 60.7 Å². The topological polar surface area (TPSA) is 99.1 Å². The van der Waals surface area contributed by atoms with Gasteiger partial charge in [0, 0.05) is 24.5 Å². The number of amides is 1. The van der Waals surface area contributed by atoms with Crippen molar-refractivity contribution in [1.82, 2.24) is 10.2 Å². The summed E-state index contributed by atoms with van der Waals surface area (Å²) in [5, 5.41) is 3.04. The molecular formula is C22H27N2O5P. The van der Waals surface area contributed by atoms with E-state index in [1.54, 1.807) is 0 Å². The fourth-order valence-electron chi connectivity index (χ4n) is 4.99. The quantitative estimate of drug-likeness (QED) is 0.585. The molecule has 2 saturated heterocycles. The second-order valence-corrected chi connectivity index (χ2v) is 9.22. The molecule has 0 spiro atoms. The Morgan fingerprint density at radius 2 is 1.77 bits per heavy atom. The van der Waals surface area contributed by atoms with Gasteiger partial charge in [-0.25, -0.2) is 4.57 Å². The van der Waals surface area contributed by atoms with Gasteiger partial charge in [-0.2, -0.15) is 0 Å². The van der Waals surface area contributed by atoms with Gasteiger partial charge in [0.2, 0.25) is 5.91 Å². The van der Waals surface area contributed by atoms with Crippen LogP contribution in [-0.4, -0.2) is 39.8 Å². The molecule has 2 aromatic rings. The molecule has 0 aromatic heterocycles. The van der Waals surface area contributed by atoms with E-state index in [4.69, 9.17) is 4.52 Å². The highest BCUT2D eigenvalue weighted by Gasteiger charge is 2.54. The number of hydrogen-bond donors (Lipinski definition) is 3. The first-order chi connectivity index (χ1) is 14.4. The molecule has 4 rings (SSSR count). The SMILES string of the molecule is O=C(NCc1ccccc1)C1C(COP(=O)(O)O)C2CCCN2C1c1ccccc1. The Morgan fingerprint density at radius 3 is 2.43 bits per heavy atom. The van der Waals surface area contributed by atoms with Crippen LogP contribution in [0, 0.1) is 11.8 Å². The first-order valence-corrected chi connectivity index (χ1v) is 11.8. The summed E-state index contributed by atoms with van der Waals surface area (Å²) in [5.74, 6) is -0.851. The Morgan fingerprint density at radius 1 is 1.10 bits per heavy atom. The molecule has 8 heteroatoms. The Bertz CT molecular complexity index is 904. The molecule has 4 unspecified atom stereocenters. The van der Waals surface area contributed by atoms with E-state index < -0.39 is 13.7 Å². The molecule has 2 fully saturated rings. The second kappa shape index (κ2) is 9.00. The highest BCUT2D eigenvalue weighted by atomic mass is 31.2. The largest absolute Gasteiger partial charge is 0.469 e. The van der Waals surface area contributed by atoms with Gasteiger partial charge in [-0.3, -0.25) is 14.2 Å². The molecule has 1 amide bonds. The number of benzene rings is 2. The number of nitrogens with zero attached hydrogens (tertiary/aromatic N) is 1. The third-order valence-electron chi connectivity index (χ3n) is 6.18. The summed E-state index contributed by atoms with van der Waals surface area (Å²) >= 11 is 0. The van der Waals surface area contributed by atoms with Crippen molar-refractivity contribution in [2.45, 2.75) is 31.5 Å². The number of hydrogen-bond acceptors (Lipinski definition) is 4. The van der Waals surface area contributed by atoms with Crippen molar-refractivity contribution < 1.29 is 23.7 Å². The third kappa shape index (κ3) is 4.66. The van der Waals surface area contributed by atoms with Crippen LogP contribution in [0.15, 0.2) is 60.7 Å². The van der Waals surface area contributed by atoms with Gasteiger partial charge in [-0.05, 0) is 30.5 Å². The molecule has 7 nitrogen and oxygen atoms in total. The number of carbonyl (C=O) groups is 1. The van der Waals surface area contributed by atoms with Crippen LogP contribution < -0.4 is 5.32 Å². The van der Waals surface area contributed by atoms with Gasteiger partial charge in [0.25, 0.3) is 0 Å². The van der Waals surface area contributed by atoms with Gasteiger partial charge in [0.05, 0.1) is 12.5 Å². The van der Waals surface area contributed by atoms with E-state index in [-0.39, 0.29) is 30.5 Å². The van der Waals surface area contributed by atoms with Crippen LogP contribution in [0.5, 0.6) is 0 Å². The molecule has 2 aromatic carbocycles. The number of fused-ring (bicyclic) bond motifs is 1. The smallest absolute Gasteiger partial charge is 0.352 e. The molecule has 2 aliphatic heterocycles. The molecular weight excluding hydrogens is 403 g/mol. The standard InChI is InChI=1S/C22H27N2O5P/c25-22(23-14-16-8-3-1-4-9-16)20-18(15-29-30(26,27)28)19-12-7-13-24(19)21(20)17-10-5-2-6-11-17/h1-6,8-11,18-21H,7,12-15H2,(H,23,25)(H2,26,27,28). The number of phosphoric acid groups is 1. The lowest BCUT2D eigenvalue weighted by Gasteiger charge is -2.27. The summed E-state index contributed by atoms with van der Waals surface area (Å²) in [7, 11) is -4.62. The number of nitrogens with one attached hydrogen (secondary N) is 1. The zero-order valence-electron chi connectivity index (χ0n) is 16.6. The summed E-state index contributed by atoms with van der Waals surface area (Å²) in [5.41, 5.74) is 2.05. The number of rotatable bonds is 7. The Balaban J connectivity index is 1.61. The van der Waals surface area contributed by atoms with Crippen LogP contribution in [0.3, 0.4) is 0 Å². The maximum absolute atomic E-state index is 13.4. The van der Waals surface area contributed by atoms with Crippen LogP contribution in [0.25, 0.3) is 0 Å². The minimum Gasteiger partial charge on any atom is -0.352 e. The van der Waals surface area contributed by atoms with E-state index in [1.165, 1.54) is 0 Å². The molecule has 30 heavy (non-hydrogen) atoms. The van der Waals surface area contributed by atoms with Crippen molar-refractivity contribution in [3.05, 3.63) is 71.8 Å². The van der Waals surface area contributed by atoms with E-state index in [0.717, 1.165) is 30.5 Å². The number of phosphoric ester groups is 1. The fourth-order valence-corrected chi connectivity index (χ4v) is 5.35. The molecule has 2 heterocycles. The van der Waals surface area contributed by atoms with Crippen molar-refractivity contribution in [1.29, 1.82) is 0 Å². The number of carbonyl (C=O) groups excluding carboxylic acids is 1. The molecule has 2 aliphatic rings. The average Bonchev–Trinajstić information content (AvgIpc) is 3.32. The maximum atomic E-state index is 13.4. The molecule has 0 saturated carbocycles. The molecule has 0 radical (unpaired) electrons. The normalized spacial score (nSPS) is 26.5. The van der Waals surface area contributed by atoms with Gasteiger partial charge in [0.1, 0.15) is 0 Å². The first-order valence-electron chi connectivity index (χ1n) is 10.3. The van der Waals surface area contributed by atoms with E-state index in [0.29, 0.717) is 6.54 Å². The summed E-state index contributed by atoms with van der Waals surface area (Å²) in [4.78, 5) is 34.2. The fraction of sp³-hybridized carbons (Fsp3) is 0.409. The zero-order valence-corrected chi connectivity index (χ0v) is 17.5. The van der Waals surface area contributed by atoms with Crippen LogP contribution in [0.2, 0.25) is 0 Å². The van der Waals surface area contributed by atoms with Gasteiger partial charge >= 0.3 is 7.82 Å². The third-order valence-corrected chi connectivity index (χ3v) is 6.67. The van der Waals surface area contributed by atoms with E-state index in [2.05, 4.69) is 10.2 Å². The highest BCUT2D eigenvalue weighted by Crippen LogP contribution is 2.50. The maximum Gasteiger partial charge on any atom is 0.469 e. The highest BCUT2D eigenvalue weighted by molar-refractivity contribution is 7.46. The zero-order chi connectivity index (χ0) is 21.1. The van der Waals surface area contributed by atoms with Gasteiger partial charge in [-0.15, -0.1) is 0 Å². The minimum atomic E-state index is -4.62. The summed E-state index contributed by atoms with van der Waals surface area (Å²) < 4.78 is 16.3. The van der Waals surface area contributed by atoms with E-state index in [9.17, 15) is 19.1 Å². The predicted octanol–water partition coefficient (Wildman–Crippen LogP) is 2.86. The molecule has 3 N–H and O–H groups in total. The first kappa shape index (κ1) is 21.2. The van der Waals surface area contributed by atoms with Crippen molar-refractivity contribution in [2.75, 3.05) is 13.2 Å². The molecule has 0 aliphatic carbocycles. The van der Waals surface area contributed by atoms with Crippen LogP contribution in [0.4, 0.5) is 0 Å². The molecule has 4 atom stereocenters.